The topological polar surface area (TPSA) is 69.7 Å². The standard InChI is InChI=1S/C19H22O5/c1-4-23-18(21)15-12(3)11-14(20)17(19(22)24-5-2)16(15)13-9-7-6-8-10-13/h6-11,15-17H,4-5H2,1-3H3. The maximum Gasteiger partial charge on any atom is 0.317 e. The largest absolute Gasteiger partial charge is 0.466 e. The van der Waals surface area contributed by atoms with Gasteiger partial charge in [-0.25, -0.2) is 0 Å². The van der Waals surface area contributed by atoms with E-state index in [1.54, 1.807) is 20.8 Å². The first-order valence-corrected chi connectivity index (χ1v) is 8.11. The molecule has 5 nitrogen and oxygen atoms in total. The lowest BCUT2D eigenvalue weighted by atomic mass is 9.68. The summed E-state index contributed by atoms with van der Waals surface area (Å²) in [5, 5.41) is 0. The third-order valence-corrected chi connectivity index (χ3v) is 4.15. The van der Waals surface area contributed by atoms with E-state index in [1.165, 1.54) is 6.08 Å². The number of rotatable bonds is 5. The van der Waals surface area contributed by atoms with Crippen LogP contribution in [0.1, 0.15) is 32.3 Å². The molecule has 0 aliphatic heterocycles. The molecule has 5 heteroatoms. The lowest BCUT2D eigenvalue weighted by Crippen LogP contribution is -2.41. The summed E-state index contributed by atoms with van der Waals surface area (Å²) in [6.45, 7) is 5.55. The maximum atomic E-state index is 12.5. The van der Waals surface area contributed by atoms with Gasteiger partial charge in [0.1, 0.15) is 5.92 Å². The van der Waals surface area contributed by atoms with Crippen molar-refractivity contribution in [3.63, 3.8) is 0 Å². The van der Waals surface area contributed by atoms with Crippen LogP contribution >= 0.6 is 0 Å². The van der Waals surface area contributed by atoms with Crippen molar-refractivity contribution in [1.82, 2.24) is 0 Å². The Balaban J connectivity index is 2.54. The number of hydrogen-bond acceptors (Lipinski definition) is 5. The van der Waals surface area contributed by atoms with Crippen LogP contribution in [0.25, 0.3) is 0 Å². The SMILES string of the molecule is CCOC(=O)C1C(=O)C=C(C)C(C(=O)OCC)C1c1ccccc1. The predicted molar refractivity (Wildman–Crippen MR) is 88.2 cm³/mol. The van der Waals surface area contributed by atoms with Gasteiger partial charge < -0.3 is 9.47 Å². The molecule has 0 aromatic heterocycles. The Morgan fingerprint density at radius 2 is 1.50 bits per heavy atom. The number of esters is 2. The van der Waals surface area contributed by atoms with Crippen LogP contribution in [0, 0.1) is 11.8 Å². The number of hydrogen-bond donors (Lipinski definition) is 0. The van der Waals surface area contributed by atoms with E-state index in [2.05, 4.69) is 0 Å². The number of carbonyl (C=O) groups is 3. The van der Waals surface area contributed by atoms with Gasteiger partial charge in [-0.1, -0.05) is 35.9 Å². The van der Waals surface area contributed by atoms with E-state index in [0.717, 1.165) is 5.56 Å². The lowest BCUT2D eigenvalue weighted by molar-refractivity contribution is -0.155. The third-order valence-electron chi connectivity index (χ3n) is 4.15. The summed E-state index contributed by atoms with van der Waals surface area (Å²) >= 11 is 0. The average Bonchev–Trinajstić information content (AvgIpc) is 2.55. The fourth-order valence-corrected chi connectivity index (χ4v) is 3.18. The first kappa shape index (κ1) is 17.9. The van der Waals surface area contributed by atoms with Crippen molar-refractivity contribution in [3.05, 3.63) is 47.5 Å². The number of allylic oxidation sites excluding steroid dienone is 1. The zero-order valence-electron chi connectivity index (χ0n) is 14.2. The molecule has 1 aromatic carbocycles. The number of ether oxygens (including phenoxy) is 2. The molecule has 1 aromatic rings. The van der Waals surface area contributed by atoms with Crippen LogP contribution in [0.2, 0.25) is 0 Å². The Kier molecular flexibility index (Phi) is 5.90. The smallest absolute Gasteiger partial charge is 0.317 e. The lowest BCUT2D eigenvalue weighted by Gasteiger charge is -2.34. The Labute approximate surface area is 141 Å². The average molecular weight is 330 g/mol. The zero-order chi connectivity index (χ0) is 17.7. The van der Waals surface area contributed by atoms with E-state index in [-0.39, 0.29) is 19.0 Å². The molecular weight excluding hydrogens is 308 g/mol. The van der Waals surface area contributed by atoms with Crippen LogP contribution in [0.4, 0.5) is 0 Å². The number of ketones is 1. The van der Waals surface area contributed by atoms with Gasteiger partial charge in [0.05, 0.1) is 19.1 Å². The number of benzene rings is 1. The van der Waals surface area contributed by atoms with Gasteiger partial charge in [-0.15, -0.1) is 0 Å². The van der Waals surface area contributed by atoms with Crippen LogP contribution in [-0.4, -0.2) is 30.9 Å². The molecule has 1 aliphatic rings. The summed E-state index contributed by atoms with van der Waals surface area (Å²) in [6.07, 6.45) is 1.36. The van der Waals surface area contributed by atoms with Crippen molar-refractivity contribution < 1.29 is 23.9 Å². The molecular formula is C19H22O5. The third kappa shape index (κ3) is 3.55. The molecule has 0 N–H and O–H groups in total. The summed E-state index contributed by atoms with van der Waals surface area (Å²) in [5.74, 6) is -3.71. The highest BCUT2D eigenvalue weighted by molar-refractivity contribution is 6.08. The fraction of sp³-hybridized carbons (Fsp3) is 0.421. The summed E-state index contributed by atoms with van der Waals surface area (Å²) < 4.78 is 10.3. The van der Waals surface area contributed by atoms with Crippen LogP contribution in [0.15, 0.2) is 42.0 Å². The van der Waals surface area contributed by atoms with E-state index in [0.29, 0.717) is 5.57 Å². The van der Waals surface area contributed by atoms with Crippen LogP contribution < -0.4 is 0 Å². The molecule has 0 saturated carbocycles. The first-order chi connectivity index (χ1) is 11.5. The molecule has 0 spiro atoms. The maximum absolute atomic E-state index is 12.5. The van der Waals surface area contributed by atoms with Gasteiger partial charge >= 0.3 is 11.9 Å². The van der Waals surface area contributed by atoms with E-state index in [1.807, 2.05) is 30.3 Å². The quantitative estimate of drug-likeness (QED) is 0.613. The minimum atomic E-state index is -1.04. The molecule has 1 aliphatic carbocycles. The Morgan fingerprint density at radius 3 is 2.04 bits per heavy atom. The number of carbonyl (C=O) groups excluding carboxylic acids is 3. The Hall–Kier alpha value is -2.43. The summed E-state index contributed by atoms with van der Waals surface area (Å²) in [7, 11) is 0. The molecule has 0 saturated heterocycles. The van der Waals surface area contributed by atoms with E-state index in [4.69, 9.17) is 9.47 Å². The van der Waals surface area contributed by atoms with Crippen molar-refractivity contribution in [2.24, 2.45) is 11.8 Å². The second-order valence-corrected chi connectivity index (χ2v) is 5.69. The van der Waals surface area contributed by atoms with Crippen LogP contribution in [0.3, 0.4) is 0 Å². The van der Waals surface area contributed by atoms with E-state index < -0.39 is 29.7 Å². The summed E-state index contributed by atoms with van der Waals surface area (Å²) in [4.78, 5) is 37.4. The van der Waals surface area contributed by atoms with Gasteiger partial charge in [0.25, 0.3) is 0 Å². The Morgan fingerprint density at radius 1 is 0.958 bits per heavy atom. The highest BCUT2D eigenvalue weighted by Crippen LogP contribution is 2.42. The van der Waals surface area contributed by atoms with Crippen molar-refractivity contribution in [3.8, 4) is 0 Å². The monoisotopic (exact) mass is 330 g/mol. The molecule has 0 fully saturated rings. The van der Waals surface area contributed by atoms with Gasteiger partial charge in [0.2, 0.25) is 0 Å². The van der Waals surface area contributed by atoms with Gasteiger partial charge in [-0.05, 0) is 32.4 Å². The van der Waals surface area contributed by atoms with Gasteiger partial charge in [0, 0.05) is 5.92 Å². The van der Waals surface area contributed by atoms with Gasteiger partial charge in [-0.2, -0.15) is 0 Å². The second kappa shape index (κ2) is 7.90. The second-order valence-electron chi connectivity index (χ2n) is 5.69. The summed E-state index contributed by atoms with van der Waals surface area (Å²) in [6, 6.07) is 9.11. The normalized spacial score (nSPS) is 23.4. The van der Waals surface area contributed by atoms with E-state index in [9.17, 15) is 14.4 Å². The highest BCUT2D eigenvalue weighted by Gasteiger charge is 2.47. The van der Waals surface area contributed by atoms with Gasteiger partial charge in [0.15, 0.2) is 5.78 Å². The summed E-state index contributed by atoms with van der Waals surface area (Å²) in [5.41, 5.74) is 1.35. The fourth-order valence-electron chi connectivity index (χ4n) is 3.18. The highest BCUT2D eigenvalue weighted by atomic mass is 16.5. The molecule has 128 valence electrons. The molecule has 0 heterocycles. The molecule has 0 amide bonds. The first-order valence-electron chi connectivity index (χ1n) is 8.11. The minimum absolute atomic E-state index is 0.177. The molecule has 3 atom stereocenters. The zero-order valence-corrected chi connectivity index (χ0v) is 14.2. The molecule has 0 radical (unpaired) electrons. The van der Waals surface area contributed by atoms with Crippen molar-refractivity contribution >= 4 is 17.7 Å². The Bertz CT molecular complexity index is 647. The van der Waals surface area contributed by atoms with Crippen molar-refractivity contribution in [2.45, 2.75) is 26.7 Å². The minimum Gasteiger partial charge on any atom is -0.466 e. The molecule has 2 rings (SSSR count). The molecule has 24 heavy (non-hydrogen) atoms. The van der Waals surface area contributed by atoms with Crippen LogP contribution in [-0.2, 0) is 23.9 Å². The molecule has 3 unspecified atom stereocenters. The van der Waals surface area contributed by atoms with Crippen LogP contribution in [0.5, 0.6) is 0 Å². The van der Waals surface area contributed by atoms with E-state index >= 15 is 0 Å². The molecule has 0 bridgehead atoms. The van der Waals surface area contributed by atoms with Crippen molar-refractivity contribution in [2.75, 3.05) is 13.2 Å². The van der Waals surface area contributed by atoms with Gasteiger partial charge in [-0.3, -0.25) is 14.4 Å². The predicted octanol–water partition coefficient (Wildman–Crippen LogP) is 2.66. The van der Waals surface area contributed by atoms with Crippen molar-refractivity contribution in [1.29, 1.82) is 0 Å².